The molecule has 2 heterocycles. The molecule has 1 aromatic carbocycles. The molecular formula is C18H17ClN4O2. The first-order valence-electron chi connectivity index (χ1n) is 7.83. The third kappa shape index (κ3) is 4.16. The smallest absolute Gasteiger partial charge is 0.271 e. The third-order valence-electron chi connectivity index (χ3n) is 3.55. The average Bonchev–Trinajstić information content (AvgIpc) is 3.16. The minimum absolute atomic E-state index is 0.154. The lowest BCUT2D eigenvalue weighted by Gasteiger charge is -2.09. The van der Waals surface area contributed by atoms with Gasteiger partial charge in [-0.05, 0) is 30.2 Å². The van der Waals surface area contributed by atoms with E-state index in [0.29, 0.717) is 19.0 Å². The fourth-order valence-electron chi connectivity index (χ4n) is 2.30. The molecule has 128 valence electrons. The molecule has 0 aliphatic heterocycles. The molecule has 3 aromatic rings. The Morgan fingerprint density at radius 2 is 2.00 bits per heavy atom. The summed E-state index contributed by atoms with van der Waals surface area (Å²) in [6.07, 6.45) is 1.70. The number of ether oxygens (including phenoxy) is 1. The van der Waals surface area contributed by atoms with Gasteiger partial charge < -0.3 is 10.1 Å². The maximum atomic E-state index is 12.3. The van der Waals surface area contributed by atoms with Crippen LogP contribution in [-0.2, 0) is 6.54 Å². The summed E-state index contributed by atoms with van der Waals surface area (Å²) in [4.78, 5) is 16.5. The monoisotopic (exact) mass is 356 g/mol. The normalized spacial score (nSPS) is 10.5. The number of hydrogen-bond donors (Lipinski definition) is 2. The van der Waals surface area contributed by atoms with Crippen molar-refractivity contribution in [2.24, 2.45) is 0 Å². The van der Waals surface area contributed by atoms with E-state index in [-0.39, 0.29) is 16.6 Å². The van der Waals surface area contributed by atoms with Gasteiger partial charge in [0.1, 0.15) is 0 Å². The Morgan fingerprint density at radius 1 is 1.20 bits per heavy atom. The second kappa shape index (κ2) is 7.81. The molecule has 25 heavy (non-hydrogen) atoms. The predicted octanol–water partition coefficient (Wildman–Crippen LogP) is 3.45. The number of pyridine rings is 1. The lowest BCUT2D eigenvalue weighted by atomic mass is 10.1. The van der Waals surface area contributed by atoms with Crippen molar-refractivity contribution in [1.29, 1.82) is 0 Å². The van der Waals surface area contributed by atoms with Gasteiger partial charge >= 0.3 is 0 Å². The minimum Gasteiger partial charge on any atom is -0.478 e. The summed E-state index contributed by atoms with van der Waals surface area (Å²) in [7, 11) is 0. The molecule has 2 aromatic heterocycles. The van der Waals surface area contributed by atoms with Crippen molar-refractivity contribution in [3.8, 4) is 17.1 Å². The van der Waals surface area contributed by atoms with Crippen LogP contribution in [0, 0.1) is 0 Å². The SMILES string of the molecule is CCOc1ccc(Cl)c(C(=O)NCc2ccc(-c3ccn[nH]3)cc2)n1. The fourth-order valence-corrected chi connectivity index (χ4v) is 2.49. The van der Waals surface area contributed by atoms with Crippen LogP contribution >= 0.6 is 11.6 Å². The largest absolute Gasteiger partial charge is 0.478 e. The van der Waals surface area contributed by atoms with Crippen LogP contribution < -0.4 is 10.1 Å². The van der Waals surface area contributed by atoms with Crippen molar-refractivity contribution in [3.63, 3.8) is 0 Å². The van der Waals surface area contributed by atoms with Crippen molar-refractivity contribution in [2.45, 2.75) is 13.5 Å². The number of nitrogens with zero attached hydrogens (tertiary/aromatic N) is 2. The van der Waals surface area contributed by atoms with Crippen LogP contribution in [0.15, 0.2) is 48.7 Å². The number of hydrogen-bond acceptors (Lipinski definition) is 4. The molecule has 0 bridgehead atoms. The van der Waals surface area contributed by atoms with Crippen LogP contribution in [0.25, 0.3) is 11.3 Å². The van der Waals surface area contributed by atoms with E-state index in [0.717, 1.165) is 16.8 Å². The van der Waals surface area contributed by atoms with Crippen molar-refractivity contribution < 1.29 is 9.53 Å². The molecule has 2 N–H and O–H groups in total. The molecule has 0 spiro atoms. The molecule has 0 radical (unpaired) electrons. The fraction of sp³-hybridized carbons (Fsp3) is 0.167. The molecule has 0 fully saturated rings. The molecule has 3 rings (SSSR count). The van der Waals surface area contributed by atoms with Gasteiger partial charge in [-0.3, -0.25) is 9.89 Å². The second-order valence-electron chi connectivity index (χ2n) is 5.26. The van der Waals surface area contributed by atoms with Gasteiger partial charge in [0, 0.05) is 18.8 Å². The van der Waals surface area contributed by atoms with E-state index in [1.807, 2.05) is 37.3 Å². The van der Waals surface area contributed by atoms with Crippen molar-refractivity contribution >= 4 is 17.5 Å². The maximum absolute atomic E-state index is 12.3. The Balaban J connectivity index is 1.65. The molecule has 0 saturated carbocycles. The topological polar surface area (TPSA) is 79.9 Å². The molecule has 6 nitrogen and oxygen atoms in total. The van der Waals surface area contributed by atoms with E-state index in [2.05, 4.69) is 20.5 Å². The molecule has 1 amide bonds. The van der Waals surface area contributed by atoms with Crippen molar-refractivity contribution in [1.82, 2.24) is 20.5 Å². The zero-order valence-corrected chi connectivity index (χ0v) is 14.4. The van der Waals surface area contributed by atoms with E-state index in [1.54, 1.807) is 18.3 Å². The lowest BCUT2D eigenvalue weighted by Crippen LogP contribution is -2.24. The zero-order valence-electron chi connectivity index (χ0n) is 13.6. The number of amides is 1. The highest BCUT2D eigenvalue weighted by molar-refractivity contribution is 6.33. The standard InChI is InChI=1S/C18H17ClN4O2/c1-2-25-16-8-7-14(19)17(22-16)18(24)20-11-12-3-5-13(6-4-12)15-9-10-21-23-15/h3-10H,2,11H2,1H3,(H,20,24)(H,21,23). The highest BCUT2D eigenvalue weighted by atomic mass is 35.5. The first-order valence-corrected chi connectivity index (χ1v) is 8.21. The number of carbonyl (C=O) groups excluding carboxylic acids is 1. The van der Waals surface area contributed by atoms with E-state index >= 15 is 0 Å². The summed E-state index contributed by atoms with van der Waals surface area (Å²) in [6.45, 7) is 2.69. The Bertz CT molecular complexity index is 848. The van der Waals surface area contributed by atoms with E-state index < -0.39 is 0 Å². The number of aromatic amines is 1. The highest BCUT2D eigenvalue weighted by Gasteiger charge is 2.13. The molecule has 0 saturated heterocycles. The molecule has 0 atom stereocenters. The summed E-state index contributed by atoms with van der Waals surface area (Å²) in [6, 6.07) is 13.0. The van der Waals surface area contributed by atoms with Gasteiger partial charge in [0.15, 0.2) is 5.69 Å². The first kappa shape index (κ1) is 17.0. The van der Waals surface area contributed by atoms with Gasteiger partial charge in [-0.15, -0.1) is 0 Å². The number of halogens is 1. The Kier molecular flexibility index (Phi) is 5.30. The Hall–Kier alpha value is -2.86. The maximum Gasteiger partial charge on any atom is 0.271 e. The van der Waals surface area contributed by atoms with Crippen LogP contribution in [0.3, 0.4) is 0 Å². The van der Waals surface area contributed by atoms with Gasteiger partial charge in [0.05, 0.1) is 17.3 Å². The van der Waals surface area contributed by atoms with Gasteiger partial charge in [0.25, 0.3) is 5.91 Å². The summed E-state index contributed by atoms with van der Waals surface area (Å²) < 4.78 is 5.31. The van der Waals surface area contributed by atoms with Crippen molar-refractivity contribution in [3.05, 3.63) is 64.9 Å². The molecular weight excluding hydrogens is 340 g/mol. The second-order valence-corrected chi connectivity index (χ2v) is 5.67. The summed E-state index contributed by atoms with van der Waals surface area (Å²) in [5.74, 6) is 0.0326. The number of H-pyrrole nitrogens is 1. The van der Waals surface area contributed by atoms with Crippen LogP contribution in [0.4, 0.5) is 0 Å². The highest BCUT2D eigenvalue weighted by Crippen LogP contribution is 2.19. The quantitative estimate of drug-likeness (QED) is 0.709. The first-order chi connectivity index (χ1) is 12.2. The van der Waals surface area contributed by atoms with Gasteiger partial charge in [-0.2, -0.15) is 5.10 Å². The Morgan fingerprint density at radius 3 is 2.68 bits per heavy atom. The molecule has 7 heteroatoms. The number of benzene rings is 1. The van der Waals surface area contributed by atoms with Crippen LogP contribution in [0.1, 0.15) is 23.0 Å². The van der Waals surface area contributed by atoms with Crippen LogP contribution in [0.2, 0.25) is 5.02 Å². The predicted molar refractivity (Wildman–Crippen MR) is 95.6 cm³/mol. The summed E-state index contributed by atoms with van der Waals surface area (Å²) >= 11 is 6.06. The van der Waals surface area contributed by atoms with Crippen LogP contribution in [0.5, 0.6) is 5.88 Å². The zero-order chi connectivity index (χ0) is 17.6. The molecule has 0 unspecified atom stereocenters. The Labute approximate surface area is 150 Å². The molecule has 0 aliphatic carbocycles. The van der Waals surface area contributed by atoms with Gasteiger partial charge in [-0.1, -0.05) is 35.9 Å². The van der Waals surface area contributed by atoms with Gasteiger partial charge in [0.2, 0.25) is 5.88 Å². The van der Waals surface area contributed by atoms with Crippen LogP contribution in [-0.4, -0.2) is 27.7 Å². The average molecular weight is 357 g/mol. The summed E-state index contributed by atoms with van der Waals surface area (Å²) in [5.41, 5.74) is 3.09. The number of aromatic nitrogens is 3. The number of nitrogens with one attached hydrogen (secondary N) is 2. The number of carbonyl (C=O) groups is 1. The third-order valence-corrected chi connectivity index (χ3v) is 3.85. The van der Waals surface area contributed by atoms with Crippen molar-refractivity contribution in [2.75, 3.05) is 6.61 Å². The number of rotatable bonds is 6. The summed E-state index contributed by atoms with van der Waals surface area (Å²) in [5, 5.41) is 9.95. The van der Waals surface area contributed by atoms with E-state index in [4.69, 9.17) is 16.3 Å². The lowest BCUT2D eigenvalue weighted by molar-refractivity contribution is 0.0945. The van der Waals surface area contributed by atoms with E-state index in [9.17, 15) is 4.79 Å². The van der Waals surface area contributed by atoms with Gasteiger partial charge in [-0.25, -0.2) is 4.98 Å². The minimum atomic E-state index is -0.343. The molecule has 0 aliphatic rings. The van der Waals surface area contributed by atoms with E-state index in [1.165, 1.54) is 0 Å².